The second-order valence-corrected chi connectivity index (χ2v) is 7.79. The van der Waals surface area contributed by atoms with Crippen molar-refractivity contribution >= 4 is 22.8 Å². The third-order valence-corrected chi connectivity index (χ3v) is 4.73. The molecule has 132 valence electrons. The standard InChI is InChI=1S/C16H24N4O3S/c1-16(2,3)14-17-11-10(12(18-14)24-9-7-8-23-6)13(21)20(5)15(22)19(11)4/h7-9H2,1-6H3. The Kier molecular flexibility index (Phi) is 5.49. The Labute approximate surface area is 145 Å². The van der Waals surface area contributed by atoms with Gasteiger partial charge in [-0.3, -0.25) is 13.9 Å². The first-order valence-electron chi connectivity index (χ1n) is 7.78. The van der Waals surface area contributed by atoms with Crippen molar-refractivity contribution < 1.29 is 4.74 Å². The van der Waals surface area contributed by atoms with Gasteiger partial charge in [0.1, 0.15) is 16.2 Å². The molecule has 0 bridgehead atoms. The van der Waals surface area contributed by atoms with Gasteiger partial charge >= 0.3 is 5.69 Å². The normalized spacial score (nSPS) is 12.1. The Morgan fingerprint density at radius 3 is 2.38 bits per heavy atom. The highest BCUT2D eigenvalue weighted by molar-refractivity contribution is 7.99. The van der Waals surface area contributed by atoms with Crippen LogP contribution < -0.4 is 11.2 Å². The van der Waals surface area contributed by atoms with Gasteiger partial charge in [-0.2, -0.15) is 0 Å². The SMILES string of the molecule is COCCCSc1nc(C(C)(C)C)nc2c1c(=O)n(C)c(=O)n2C. The third kappa shape index (κ3) is 3.54. The van der Waals surface area contributed by atoms with Gasteiger partial charge in [-0.25, -0.2) is 14.8 Å². The second-order valence-electron chi connectivity index (χ2n) is 6.70. The maximum absolute atomic E-state index is 12.6. The largest absolute Gasteiger partial charge is 0.385 e. The molecule has 2 aromatic rings. The van der Waals surface area contributed by atoms with E-state index in [9.17, 15) is 9.59 Å². The molecule has 0 radical (unpaired) electrons. The molecule has 0 aliphatic heterocycles. The van der Waals surface area contributed by atoms with Crippen LogP contribution in [0.15, 0.2) is 14.6 Å². The molecule has 8 heteroatoms. The zero-order valence-corrected chi connectivity index (χ0v) is 15.9. The van der Waals surface area contributed by atoms with Crippen LogP contribution in [0.5, 0.6) is 0 Å². The van der Waals surface area contributed by atoms with Crippen LogP contribution in [0.4, 0.5) is 0 Å². The topological polar surface area (TPSA) is 79.0 Å². The molecule has 2 heterocycles. The van der Waals surface area contributed by atoms with Gasteiger partial charge in [-0.15, -0.1) is 11.8 Å². The Balaban J connectivity index is 2.72. The summed E-state index contributed by atoms with van der Waals surface area (Å²) in [6.45, 7) is 6.67. The molecule has 0 aromatic carbocycles. The lowest BCUT2D eigenvalue weighted by molar-refractivity contribution is 0.200. The highest BCUT2D eigenvalue weighted by atomic mass is 32.2. The molecule has 0 atom stereocenters. The van der Waals surface area contributed by atoms with Crippen LogP contribution in [0.3, 0.4) is 0 Å². The van der Waals surface area contributed by atoms with Crippen molar-refractivity contribution in [1.29, 1.82) is 0 Å². The maximum atomic E-state index is 12.6. The molecule has 0 aliphatic carbocycles. The van der Waals surface area contributed by atoms with Crippen LogP contribution in [-0.2, 0) is 24.2 Å². The zero-order chi connectivity index (χ0) is 18.1. The number of ether oxygens (including phenoxy) is 1. The average Bonchev–Trinajstić information content (AvgIpc) is 2.53. The minimum atomic E-state index is -0.388. The number of aromatic nitrogens is 4. The second kappa shape index (κ2) is 7.06. The van der Waals surface area contributed by atoms with E-state index < -0.39 is 0 Å². The summed E-state index contributed by atoms with van der Waals surface area (Å²) in [5.41, 5.74) is -0.644. The lowest BCUT2D eigenvalue weighted by Gasteiger charge is -2.19. The number of thioether (sulfide) groups is 1. The van der Waals surface area contributed by atoms with Gasteiger partial charge in [0.2, 0.25) is 0 Å². The molecule has 0 fully saturated rings. The van der Waals surface area contributed by atoms with Crippen LogP contribution in [-0.4, -0.2) is 38.6 Å². The predicted molar refractivity (Wildman–Crippen MR) is 95.9 cm³/mol. The fraction of sp³-hybridized carbons (Fsp3) is 0.625. The van der Waals surface area contributed by atoms with Crippen molar-refractivity contribution in [2.75, 3.05) is 19.5 Å². The van der Waals surface area contributed by atoms with E-state index in [1.165, 1.54) is 23.4 Å². The third-order valence-electron chi connectivity index (χ3n) is 3.67. The van der Waals surface area contributed by atoms with E-state index in [1.807, 2.05) is 20.8 Å². The van der Waals surface area contributed by atoms with Gasteiger partial charge in [0, 0.05) is 39.0 Å². The van der Waals surface area contributed by atoms with Crippen LogP contribution in [0.2, 0.25) is 0 Å². The fourth-order valence-corrected chi connectivity index (χ4v) is 3.17. The molecule has 0 unspecified atom stereocenters. The molecule has 24 heavy (non-hydrogen) atoms. The van der Waals surface area contributed by atoms with E-state index in [2.05, 4.69) is 9.97 Å². The number of aryl methyl sites for hydroxylation is 1. The summed E-state index contributed by atoms with van der Waals surface area (Å²) < 4.78 is 7.57. The van der Waals surface area contributed by atoms with Crippen molar-refractivity contribution in [3.05, 3.63) is 26.7 Å². The lowest BCUT2D eigenvalue weighted by atomic mass is 9.96. The fourth-order valence-electron chi connectivity index (χ4n) is 2.24. The van der Waals surface area contributed by atoms with E-state index in [1.54, 1.807) is 14.2 Å². The number of methoxy groups -OCH3 is 1. The molecule has 0 N–H and O–H groups in total. The smallest absolute Gasteiger partial charge is 0.332 e. The van der Waals surface area contributed by atoms with Crippen molar-refractivity contribution in [2.24, 2.45) is 14.1 Å². The maximum Gasteiger partial charge on any atom is 0.332 e. The number of rotatable bonds is 5. The molecule has 2 aromatic heterocycles. The Morgan fingerprint density at radius 1 is 1.12 bits per heavy atom. The average molecular weight is 352 g/mol. The van der Waals surface area contributed by atoms with E-state index in [0.29, 0.717) is 28.5 Å². The van der Waals surface area contributed by atoms with E-state index >= 15 is 0 Å². The summed E-state index contributed by atoms with van der Waals surface area (Å²) in [6.07, 6.45) is 0.851. The first kappa shape index (κ1) is 18.7. The van der Waals surface area contributed by atoms with Gasteiger partial charge < -0.3 is 4.74 Å². The highest BCUT2D eigenvalue weighted by Gasteiger charge is 2.23. The van der Waals surface area contributed by atoms with Gasteiger partial charge in [0.05, 0.1) is 0 Å². The van der Waals surface area contributed by atoms with Crippen molar-refractivity contribution in [3.8, 4) is 0 Å². The molecule has 7 nitrogen and oxygen atoms in total. The molecule has 0 saturated carbocycles. The molecule has 0 saturated heterocycles. The zero-order valence-electron chi connectivity index (χ0n) is 15.0. The lowest BCUT2D eigenvalue weighted by Crippen LogP contribution is -2.38. The molecule has 0 aliphatic rings. The highest BCUT2D eigenvalue weighted by Crippen LogP contribution is 2.27. The van der Waals surface area contributed by atoms with Gasteiger partial charge in [-0.05, 0) is 6.42 Å². The van der Waals surface area contributed by atoms with Crippen molar-refractivity contribution in [1.82, 2.24) is 19.1 Å². The number of nitrogens with zero attached hydrogens (tertiary/aromatic N) is 4. The van der Waals surface area contributed by atoms with Crippen molar-refractivity contribution in [2.45, 2.75) is 37.6 Å². The Morgan fingerprint density at radius 2 is 1.79 bits per heavy atom. The van der Waals surface area contributed by atoms with Gasteiger partial charge in [-0.1, -0.05) is 20.8 Å². The van der Waals surface area contributed by atoms with Crippen molar-refractivity contribution in [3.63, 3.8) is 0 Å². The van der Waals surface area contributed by atoms with E-state index in [4.69, 9.17) is 4.74 Å². The van der Waals surface area contributed by atoms with E-state index in [-0.39, 0.29) is 16.7 Å². The molecule has 2 rings (SSSR count). The summed E-state index contributed by atoms with van der Waals surface area (Å²) in [6, 6.07) is 0. The minimum absolute atomic E-state index is 0.285. The molecule has 0 amide bonds. The van der Waals surface area contributed by atoms with Crippen LogP contribution in [0, 0.1) is 0 Å². The predicted octanol–water partition coefficient (Wildman–Crippen LogP) is 1.45. The Hall–Kier alpha value is -1.67. The van der Waals surface area contributed by atoms with Gasteiger partial charge in [0.25, 0.3) is 5.56 Å². The summed E-state index contributed by atoms with van der Waals surface area (Å²) in [5.74, 6) is 1.39. The first-order chi connectivity index (χ1) is 11.2. The molecule has 0 spiro atoms. The van der Waals surface area contributed by atoms with E-state index in [0.717, 1.165) is 16.7 Å². The number of hydrogen-bond donors (Lipinski definition) is 0. The van der Waals surface area contributed by atoms with Crippen LogP contribution in [0.1, 0.15) is 33.0 Å². The molecular weight excluding hydrogens is 328 g/mol. The first-order valence-corrected chi connectivity index (χ1v) is 8.77. The summed E-state index contributed by atoms with van der Waals surface area (Å²) in [4.78, 5) is 34.0. The molecular formula is C16H24N4O3S. The minimum Gasteiger partial charge on any atom is -0.385 e. The van der Waals surface area contributed by atoms with Gasteiger partial charge in [0.15, 0.2) is 5.65 Å². The monoisotopic (exact) mass is 352 g/mol. The number of fused-ring (bicyclic) bond motifs is 1. The summed E-state index contributed by atoms with van der Waals surface area (Å²) in [7, 11) is 4.76. The van der Waals surface area contributed by atoms with Crippen LogP contribution in [0.25, 0.3) is 11.0 Å². The van der Waals surface area contributed by atoms with Crippen LogP contribution >= 0.6 is 11.8 Å². The Bertz CT molecular complexity index is 865. The summed E-state index contributed by atoms with van der Waals surface area (Å²) >= 11 is 1.50. The number of hydrogen-bond acceptors (Lipinski definition) is 6. The quantitative estimate of drug-likeness (QED) is 0.460. The summed E-state index contributed by atoms with van der Waals surface area (Å²) in [5, 5.41) is 1.02.